The van der Waals surface area contributed by atoms with Crippen molar-refractivity contribution in [2.24, 2.45) is 5.92 Å². The van der Waals surface area contributed by atoms with E-state index in [0.717, 1.165) is 27.4 Å². The van der Waals surface area contributed by atoms with Crippen molar-refractivity contribution in [3.63, 3.8) is 0 Å². The highest BCUT2D eigenvalue weighted by atomic mass is 127. The predicted molar refractivity (Wildman–Crippen MR) is 81.1 cm³/mol. The molecule has 1 aliphatic heterocycles. The maximum absolute atomic E-state index is 12.4. The molecule has 1 heterocycles. The number of nitriles is 1. The first-order valence-electron chi connectivity index (χ1n) is 5.75. The van der Waals surface area contributed by atoms with Crippen LogP contribution in [0.1, 0.15) is 23.2 Å². The van der Waals surface area contributed by atoms with Crippen LogP contribution >= 0.6 is 38.5 Å². The third-order valence-electron chi connectivity index (χ3n) is 3.05. The maximum atomic E-state index is 12.4. The minimum Gasteiger partial charge on any atom is -0.337 e. The maximum Gasteiger partial charge on any atom is 0.255 e. The molecule has 1 amide bonds. The molecule has 2 rings (SSSR count). The lowest BCUT2D eigenvalue weighted by molar-refractivity contribution is 0.0698. The van der Waals surface area contributed by atoms with E-state index in [2.05, 4.69) is 44.6 Å². The van der Waals surface area contributed by atoms with E-state index in [0.29, 0.717) is 12.1 Å². The molecule has 1 saturated heterocycles. The molecule has 0 aliphatic carbocycles. The second kappa shape index (κ2) is 6.02. The molecule has 0 N–H and O–H groups in total. The molecule has 5 heteroatoms. The van der Waals surface area contributed by atoms with Crippen LogP contribution in [-0.4, -0.2) is 23.9 Å². The summed E-state index contributed by atoms with van der Waals surface area (Å²) in [6.45, 7) is 1.29. The van der Waals surface area contributed by atoms with E-state index >= 15 is 0 Å². The first kappa shape index (κ1) is 13.8. The van der Waals surface area contributed by atoms with E-state index in [9.17, 15) is 4.79 Å². The zero-order valence-electron chi connectivity index (χ0n) is 9.70. The van der Waals surface area contributed by atoms with Crippen LogP contribution in [0.2, 0.25) is 0 Å². The van der Waals surface area contributed by atoms with Crippen LogP contribution < -0.4 is 0 Å². The minimum atomic E-state index is -0.0238. The summed E-state index contributed by atoms with van der Waals surface area (Å²) in [4.78, 5) is 14.2. The van der Waals surface area contributed by atoms with Gasteiger partial charge in [-0.1, -0.05) is 0 Å². The van der Waals surface area contributed by atoms with Gasteiger partial charge in [-0.25, -0.2) is 0 Å². The van der Waals surface area contributed by atoms with Gasteiger partial charge in [-0.15, -0.1) is 0 Å². The van der Waals surface area contributed by atoms with Crippen LogP contribution in [0.3, 0.4) is 0 Å². The molecular weight excluding hydrogens is 407 g/mol. The lowest BCUT2D eigenvalue weighted by Gasteiger charge is -2.30. The second-order valence-electron chi connectivity index (χ2n) is 4.34. The number of hydrogen-bond donors (Lipinski definition) is 0. The summed E-state index contributed by atoms with van der Waals surface area (Å²) < 4.78 is 1.85. The van der Waals surface area contributed by atoms with Crippen molar-refractivity contribution in [2.75, 3.05) is 13.1 Å². The van der Waals surface area contributed by atoms with Crippen molar-refractivity contribution >= 4 is 44.4 Å². The summed E-state index contributed by atoms with van der Waals surface area (Å²) in [6, 6.07) is 7.98. The average Bonchev–Trinajstić information content (AvgIpc) is 2.41. The SMILES string of the molecule is N#CC1CCCN(C(=O)c2cc(I)ccc2Br)C1. The summed E-state index contributed by atoms with van der Waals surface area (Å²) in [5.74, 6) is -0.00963. The highest BCUT2D eigenvalue weighted by Crippen LogP contribution is 2.24. The Morgan fingerprint density at radius 3 is 3.06 bits per heavy atom. The lowest BCUT2D eigenvalue weighted by atomic mass is 9.99. The lowest BCUT2D eigenvalue weighted by Crippen LogP contribution is -2.39. The number of carbonyl (C=O) groups is 1. The third-order valence-corrected chi connectivity index (χ3v) is 4.41. The number of amides is 1. The first-order chi connectivity index (χ1) is 8.61. The van der Waals surface area contributed by atoms with Crippen molar-refractivity contribution in [1.29, 1.82) is 5.26 Å². The van der Waals surface area contributed by atoms with Gasteiger partial charge >= 0.3 is 0 Å². The molecule has 0 radical (unpaired) electrons. The van der Waals surface area contributed by atoms with Crippen LogP contribution in [-0.2, 0) is 0 Å². The topological polar surface area (TPSA) is 44.1 Å². The molecule has 1 aromatic carbocycles. The number of nitrogens with zero attached hydrogens (tertiary/aromatic N) is 2. The van der Waals surface area contributed by atoms with Crippen molar-refractivity contribution in [3.8, 4) is 6.07 Å². The number of piperidine rings is 1. The van der Waals surface area contributed by atoms with Gasteiger partial charge in [-0.05, 0) is 69.6 Å². The van der Waals surface area contributed by atoms with Gasteiger partial charge in [0, 0.05) is 21.1 Å². The molecule has 0 bridgehead atoms. The summed E-state index contributed by atoms with van der Waals surface area (Å²) in [6.07, 6.45) is 1.80. The highest BCUT2D eigenvalue weighted by Gasteiger charge is 2.25. The number of hydrogen-bond acceptors (Lipinski definition) is 2. The van der Waals surface area contributed by atoms with E-state index < -0.39 is 0 Å². The Labute approximate surface area is 128 Å². The Bertz CT molecular complexity index is 512. The monoisotopic (exact) mass is 418 g/mol. The molecular formula is C13H12BrIN2O. The molecule has 1 unspecified atom stereocenters. The average molecular weight is 419 g/mol. The summed E-state index contributed by atoms with van der Waals surface area (Å²) in [5.41, 5.74) is 0.681. The van der Waals surface area contributed by atoms with Crippen LogP contribution in [0.5, 0.6) is 0 Å². The fourth-order valence-electron chi connectivity index (χ4n) is 2.10. The van der Waals surface area contributed by atoms with Crippen molar-refractivity contribution in [2.45, 2.75) is 12.8 Å². The molecule has 1 aliphatic rings. The molecule has 94 valence electrons. The number of carbonyl (C=O) groups excluding carboxylic acids is 1. The number of likely N-dealkylation sites (tertiary alicyclic amines) is 1. The number of halogens is 2. The summed E-state index contributed by atoms with van der Waals surface area (Å²) in [7, 11) is 0. The fourth-order valence-corrected chi connectivity index (χ4v) is 3.01. The minimum absolute atomic E-state index is 0.0142. The van der Waals surface area contributed by atoms with Gasteiger partial charge in [-0.3, -0.25) is 4.79 Å². The molecule has 18 heavy (non-hydrogen) atoms. The van der Waals surface area contributed by atoms with E-state index in [-0.39, 0.29) is 11.8 Å². The van der Waals surface area contributed by atoms with Crippen LogP contribution in [0.4, 0.5) is 0 Å². The van der Waals surface area contributed by atoms with E-state index in [1.807, 2.05) is 18.2 Å². The summed E-state index contributed by atoms with van der Waals surface area (Å²) in [5, 5.41) is 8.96. The van der Waals surface area contributed by atoms with Crippen molar-refractivity contribution in [1.82, 2.24) is 4.90 Å². The van der Waals surface area contributed by atoms with Gasteiger partial charge in [0.1, 0.15) is 0 Å². The number of benzene rings is 1. The van der Waals surface area contributed by atoms with Crippen LogP contribution in [0.15, 0.2) is 22.7 Å². The number of rotatable bonds is 1. The largest absolute Gasteiger partial charge is 0.337 e. The van der Waals surface area contributed by atoms with Gasteiger partial charge in [0.15, 0.2) is 0 Å². The molecule has 1 aromatic rings. The Morgan fingerprint density at radius 1 is 1.56 bits per heavy atom. The Hall–Kier alpha value is -0.610. The normalized spacial score (nSPS) is 19.4. The molecule has 3 nitrogen and oxygen atoms in total. The fraction of sp³-hybridized carbons (Fsp3) is 0.385. The first-order valence-corrected chi connectivity index (χ1v) is 7.63. The zero-order chi connectivity index (χ0) is 13.1. The highest BCUT2D eigenvalue weighted by molar-refractivity contribution is 14.1. The van der Waals surface area contributed by atoms with E-state index in [1.165, 1.54) is 0 Å². The standard InChI is InChI=1S/C13H12BrIN2O/c14-12-4-3-10(15)6-11(12)13(18)17-5-1-2-9(7-16)8-17/h3-4,6,9H,1-2,5,8H2. The Balaban J connectivity index is 2.21. The Kier molecular flexibility index (Phi) is 4.62. The Morgan fingerprint density at radius 2 is 2.33 bits per heavy atom. The van der Waals surface area contributed by atoms with Gasteiger partial charge in [0.25, 0.3) is 5.91 Å². The molecule has 0 spiro atoms. The van der Waals surface area contributed by atoms with Crippen LogP contribution in [0.25, 0.3) is 0 Å². The predicted octanol–water partition coefficient (Wildman–Crippen LogP) is 3.43. The van der Waals surface area contributed by atoms with Gasteiger partial charge in [0.2, 0.25) is 0 Å². The van der Waals surface area contributed by atoms with Crippen molar-refractivity contribution in [3.05, 3.63) is 31.8 Å². The molecule has 0 aromatic heterocycles. The van der Waals surface area contributed by atoms with Crippen LogP contribution in [0, 0.1) is 20.8 Å². The zero-order valence-corrected chi connectivity index (χ0v) is 13.4. The third kappa shape index (κ3) is 3.04. The van der Waals surface area contributed by atoms with E-state index in [1.54, 1.807) is 4.90 Å². The smallest absolute Gasteiger partial charge is 0.255 e. The summed E-state index contributed by atoms with van der Waals surface area (Å²) >= 11 is 5.61. The molecule has 0 saturated carbocycles. The van der Waals surface area contributed by atoms with Crippen molar-refractivity contribution < 1.29 is 4.79 Å². The molecule has 1 fully saturated rings. The van der Waals surface area contributed by atoms with Gasteiger partial charge < -0.3 is 4.90 Å². The van der Waals surface area contributed by atoms with Gasteiger partial charge in [0.05, 0.1) is 17.6 Å². The van der Waals surface area contributed by atoms with E-state index in [4.69, 9.17) is 5.26 Å². The second-order valence-corrected chi connectivity index (χ2v) is 6.44. The quantitative estimate of drug-likeness (QED) is 0.656. The van der Waals surface area contributed by atoms with Gasteiger partial charge in [-0.2, -0.15) is 5.26 Å². The molecule has 1 atom stereocenters.